The van der Waals surface area contributed by atoms with Crippen LogP contribution in [0, 0.1) is 0 Å². The third-order valence-corrected chi connectivity index (χ3v) is 0.470. The molecule has 41 valence electrons. The Kier molecular flexibility index (Phi) is 3.32. The summed E-state index contributed by atoms with van der Waals surface area (Å²) in [6.07, 6.45) is 0. The van der Waals surface area contributed by atoms with Crippen LogP contribution in [0.2, 0.25) is 0 Å². The summed E-state index contributed by atoms with van der Waals surface area (Å²) in [7, 11) is 0. The van der Waals surface area contributed by atoms with E-state index >= 15 is 0 Å². The molecule has 0 aromatic rings. The monoisotopic (exact) mass is 102 g/mol. The Morgan fingerprint density at radius 2 is 2.43 bits per heavy atom. The van der Waals surface area contributed by atoms with Gasteiger partial charge < -0.3 is 5.11 Å². The van der Waals surface area contributed by atoms with Crippen molar-refractivity contribution in [1.82, 2.24) is 5.32 Å². The second-order valence-corrected chi connectivity index (χ2v) is 1.03. The lowest BCUT2D eigenvalue weighted by Crippen LogP contribution is -2.17. The number of likely N-dealkylation sites (N-methyl/N-ethyl adjacent to an activating group) is 1. The van der Waals surface area contributed by atoms with Gasteiger partial charge in [-0.2, -0.15) is 0 Å². The van der Waals surface area contributed by atoms with E-state index in [2.05, 4.69) is 5.32 Å². The Labute approximate surface area is 42.3 Å². The topological polar surface area (TPSA) is 51.4 Å². The summed E-state index contributed by atoms with van der Waals surface area (Å²) in [5, 5.41) is 11.4. The molecule has 0 aromatic carbocycles. The molecule has 0 aromatic heterocycles. The molecule has 1 amide bonds. The number of hydrogen-bond acceptors (Lipinski definition) is 2. The highest BCUT2D eigenvalue weighted by molar-refractivity contribution is 5.76. The van der Waals surface area contributed by atoms with Gasteiger partial charge in [0.15, 0.2) is 0 Å². The van der Waals surface area contributed by atoms with Crippen LogP contribution in [0.3, 0.4) is 0 Å². The zero-order chi connectivity index (χ0) is 5.70. The van der Waals surface area contributed by atoms with Crippen molar-refractivity contribution in [2.45, 2.75) is 6.92 Å². The number of amides is 1. The Hall–Kier alpha value is -0.570. The first kappa shape index (κ1) is 6.43. The van der Waals surface area contributed by atoms with E-state index in [1.54, 1.807) is 6.92 Å². The molecule has 0 fully saturated rings. The molecule has 0 heterocycles. The first-order valence-electron chi connectivity index (χ1n) is 2.12. The molecule has 3 heteroatoms. The van der Waals surface area contributed by atoms with Crippen molar-refractivity contribution < 1.29 is 9.90 Å². The molecule has 0 bridgehead atoms. The van der Waals surface area contributed by atoms with Crippen LogP contribution in [0.15, 0.2) is 0 Å². The molecule has 0 saturated carbocycles. The number of nitrogens with zero attached hydrogens (tertiary/aromatic N) is 1. The van der Waals surface area contributed by atoms with Crippen LogP contribution in [0.4, 0.5) is 0 Å². The zero-order valence-electron chi connectivity index (χ0n) is 4.22. The molecular weight excluding hydrogens is 94.0 g/mol. The summed E-state index contributed by atoms with van der Waals surface area (Å²) < 4.78 is 0. The second-order valence-electron chi connectivity index (χ2n) is 1.03. The highest BCUT2D eigenvalue weighted by Crippen LogP contribution is 1.61. The standard InChI is InChI=1S/C4H8NO2/c1-2-5-4(7)3-6/h6H,2-3H2,1H3. The van der Waals surface area contributed by atoms with E-state index in [1.807, 2.05) is 0 Å². The lowest BCUT2D eigenvalue weighted by atomic mass is 10.6. The van der Waals surface area contributed by atoms with Gasteiger partial charge in [-0.15, -0.1) is 0 Å². The number of aliphatic hydroxyl groups excluding tert-OH is 1. The highest BCUT2D eigenvalue weighted by atomic mass is 16.3. The molecule has 1 N–H and O–H groups in total. The lowest BCUT2D eigenvalue weighted by molar-refractivity contribution is -0.124. The highest BCUT2D eigenvalue weighted by Gasteiger charge is 1.92. The minimum atomic E-state index is -0.464. The largest absolute Gasteiger partial charge is 0.386 e. The molecule has 7 heavy (non-hydrogen) atoms. The Morgan fingerprint density at radius 3 is 2.57 bits per heavy atom. The van der Waals surface area contributed by atoms with E-state index in [1.165, 1.54) is 0 Å². The van der Waals surface area contributed by atoms with Crippen molar-refractivity contribution >= 4 is 5.91 Å². The summed E-state index contributed by atoms with van der Waals surface area (Å²) in [4.78, 5) is 10.00. The normalized spacial score (nSPS) is 8.29. The maximum Gasteiger partial charge on any atom is 0.266 e. The summed E-state index contributed by atoms with van der Waals surface area (Å²) in [5.41, 5.74) is 0. The fourth-order valence-electron chi connectivity index (χ4n) is 0.226. The van der Waals surface area contributed by atoms with Gasteiger partial charge in [0.2, 0.25) is 0 Å². The zero-order valence-corrected chi connectivity index (χ0v) is 4.22. The van der Waals surface area contributed by atoms with Gasteiger partial charge in [0.05, 0.1) is 0 Å². The maximum absolute atomic E-state index is 10.00. The van der Waals surface area contributed by atoms with E-state index in [4.69, 9.17) is 5.11 Å². The molecule has 0 spiro atoms. The fraction of sp³-hybridized carbons (Fsp3) is 0.750. The summed E-state index contributed by atoms with van der Waals surface area (Å²) in [6, 6.07) is 0. The number of hydrogen-bond donors (Lipinski definition) is 1. The molecule has 0 aliphatic rings. The fourth-order valence-corrected chi connectivity index (χ4v) is 0.226. The number of rotatable bonds is 2. The van der Waals surface area contributed by atoms with Crippen LogP contribution >= 0.6 is 0 Å². The molecule has 0 unspecified atom stereocenters. The summed E-state index contributed by atoms with van der Waals surface area (Å²) >= 11 is 0. The van der Waals surface area contributed by atoms with Crippen LogP contribution in [0.5, 0.6) is 0 Å². The third kappa shape index (κ3) is 3.26. The molecule has 0 saturated heterocycles. The molecular formula is C4H8NO2. The van der Waals surface area contributed by atoms with Gasteiger partial charge in [-0.1, -0.05) is 0 Å². The number of carbonyl (C=O) groups excluding carboxylic acids is 1. The van der Waals surface area contributed by atoms with Crippen LogP contribution in [0.1, 0.15) is 6.92 Å². The van der Waals surface area contributed by atoms with Crippen LogP contribution in [-0.2, 0) is 4.79 Å². The minimum Gasteiger partial charge on any atom is -0.386 e. The summed E-state index contributed by atoms with van der Waals surface area (Å²) in [6.45, 7) is 1.74. The average molecular weight is 102 g/mol. The SMILES string of the molecule is CC[N]C(=O)CO. The van der Waals surface area contributed by atoms with Gasteiger partial charge >= 0.3 is 0 Å². The van der Waals surface area contributed by atoms with Crippen molar-refractivity contribution in [3.05, 3.63) is 0 Å². The van der Waals surface area contributed by atoms with Gasteiger partial charge in [0.25, 0.3) is 5.91 Å². The maximum atomic E-state index is 10.00. The molecule has 0 rings (SSSR count). The van der Waals surface area contributed by atoms with Gasteiger partial charge in [0, 0.05) is 6.54 Å². The molecule has 1 radical (unpaired) electrons. The number of aliphatic hydroxyl groups is 1. The lowest BCUT2D eigenvalue weighted by Gasteiger charge is -1.88. The predicted octanol–water partition coefficient (Wildman–Crippen LogP) is -0.870. The summed E-state index contributed by atoms with van der Waals surface area (Å²) in [5.74, 6) is -0.442. The first-order chi connectivity index (χ1) is 3.31. The van der Waals surface area contributed by atoms with Gasteiger partial charge in [-0.3, -0.25) is 4.79 Å². The smallest absolute Gasteiger partial charge is 0.266 e. The van der Waals surface area contributed by atoms with Crippen LogP contribution in [0.25, 0.3) is 0 Å². The van der Waals surface area contributed by atoms with E-state index in [9.17, 15) is 4.79 Å². The first-order valence-corrected chi connectivity index (χ1v) is 2.12. The molecule has 0 aliphatic heterocycles. The Balaban J connectivity index is 3.00. The van der Waals surface area contributed by atoms with Gasteiger partial charge in [0.1, 0.15) is 6.61 Å². The van der Waals surface area contributed by atoms with E-state index in [0.717, 1.165) is 0 Å². The van der Waals surface area contributed by atoms with Gasteiger partial charge in [-0.25, -0.2) is 5.32 Å². The van der Waals surface area contributed by atoms with E-state index in [-0.39, 0.29) is 0 Å². The Morgan fingerprint density at radius 1 is 1.86 bits per heavy atom. The van der Waals surface area contributed by atoms with Crippen LogP contribution < -0.4 is 5.32 Å². The Bertz CT molecular complexity index is 62.7. The third-order valence-electron chi connectivity index (χ3n) is 0.470. The minimum absolute atomic E-state index is 0.442. The van der Waals surface area contributed by atoms with Crippen molar-refractivity contribution in [1.29, 1.82) is 0 Å². The predicted molar refractivity (Wildman–Crippen MR) is 24.8 cm³/mol. The second kappa shape index (κ2) is 3.61. The van der Waals surface area contributed by atoms with E-state index < -0.39 is 12.5 Å². The van der Waals surface area contributed by atoms with E-state index in [0.29, 0.717) is 6.54 Å². The van der Waals surface area contributed by atoms with Crippen LogP contribution in [-0.4, -0.2) is 24.2 Å². The van der Waals surface area contributed by atoms with Crippen molar-refractivity contribution in [3.63, 3.8) is 0 Å². The average Bonchev–Trinajstić information content (AvgIpc) is 1.68. The molecule has 0 aliphatic carbocycles. The molecule has 3 nitrogen and oxygen atoms in total. The van der Waals surface area contributed by atoms with Crippen molar-refractivity contribution in [2.24, 2.45) is 0 Å². The molecule has 0 atom stereocenters. The van der Waals surface area contributed by atoms with Crippen molar-refractivity contribution in [2.75, 3.05) is 13.2 Å². The van der Waals surface area contributed by atoms with Gasteiger partial charge in [-0.05, 0) is 6.92 Å². The van der Waals surface area contributed by atoms with Crippen molar-refractivity contribution in [3.8, 4) is 0 Å². The quantitative estimate of drug-likeness (QED) is 0.492. The number of carbonyl (C=O) groups is 1.